The quantitative estimate of drug-likeness (QED) is 0.758. The maximum absolute atomic E-state index is 6.13. The van der Waals surface area contributed by atoms with Gasteiger partial charge < -0.3 is 4.57 Å². The van der Waals surface area contributed by atoms with Gasteiger partial charge in [-0.15, -0.1) is 6.58 Å². The van der Waals surface area contributed by atoms with Crippen molar-refractivity contribution in [2.45, 2.75) is 6.42 Å². The van der Waals surface area contributed by atoms with Crippen LogP contribution in [0.5, 0.6) is 0 Å². The van der Waals surface area contributed by atoms with Gasteiger partial charge in [0.2, 0.25) is 0 Å². The lowest BCUT2D eigenvalue weighted by molar-refractivity contribution is 0.929. The first-order chi connectivity index (χ1) is 7.72. The SMILES string of the molecule is C=CCc1nccn1-c1ccc(Cl)cc1Cl. The Morgan fingerprint density at radius 3 is 2.88 bits per heavy atom. The molecule has 0 saturated heterocycles. The Hall–Kier alpha value is -1.25. The Morgan fingerprint density at radius 2 is 2.19 bits per heavy atom. The van der Waals surface area contributed by atoms with Gasteiger partial charge in [0, 0.05) is 23.8 Å². The molecule has 4 heteroatoms. The van der Waals surface area contributed by atoms with E-state index in [1.54, 1.807) is 18.3 Å². The minimum absolute atomic E-state index is 0.607. The van der Waals surface area contributed by atoms with E-state index in [0.29, 0.717) is 16.5 Å². The summed E-state index contributed by atoms with van der Waals surface area (Å²) in [5.41, 5.74) is 0.875. The van der Waals surface area contributed by atoms with Gasteiger partial charge in [0.15, 0.2) is 0 Å². The van der Waals surface area contributed by atoms with Crippen LogP contribution in [0.15, 0.2) is 43.2 Å². The molecule has 0 aliphatic rings. The van der Waals surface area contributed by atoms with Crippen molar-refractivity contribution >= 4 is 23.2 Å². The van der Waals surface area contributed by atoms with Gasteiger partial charge in [-0.05, 0) is 18.2 Å². The smallest absolute Gasteiger partial charge is 0.117 e. The number of rotatable bonds is 3. The summed E-state index contributed by atoms with van der Waals surface area (Å²) in [4.78, 5) is 4.25. The first-order valence-electron chi connectivity index (χ1n) is 4.81. The highest BCUT2D eigenvalue weighted by atomic mass is 35.5. The van der Waals surface area contributed by atoms with Crippen molar-refractivity contribution < 1.29 is 0 Å². The lowest BCUT2D eigenvalue weighted by Gasteiger charge is -2.08. The number of benzene rings is 1. The average Bonchev–Trinajstić information content (AvgIpc) is 2.67. The third kappa shape index (κ3) is 2.13. The number of nitrogens with zero attached hydrogens (tertiary/aromatic N) is 2. The molecule has 2 nitrogen and oxygen atoms in total. The maximum atomic E-state index is 6.13. The maximum Gasteiger partial charge on any atom is 0.117 e. The van der Waals surface area contributed by atoms with Gasteiger partial charge in [-0.25, -0.2) is 4.98 Å². The topological polar surface area (TPSA) is 17.8 Å². The van der Waals surface area contributed by atoms with Crippen LogP contribution in [0.3, 0.4) is 0 Å². The highest BCUT2D eigenvalue weighted by Crippen LogP contribution is 2.25. The standard InChI is InChI=1S/C12H10Cl2N2/c1-2-3-12-15-6-7-16(12)11-5-4-9(13)8-10(11)14/h2,4-8H,1,3H2. The van der Waals surface area contributed by atoms with Gasteiger partial charge >= 0.3 is 0 Å². The van der Waals surface area contributed by atoms with Gasteiger partial charge in [-0.2, -0.15) is 0 Å². The van der Waals surface area contributed by atoms with E-state index in [0.717, 1.165) is 11.5 Å². The van der Waals surface area contributed by atoms with Crippen molar-refractivity contribution in [3.63, 3.8) is 0 Å². The van der Waals surface area contributed by atoms with E-state index in [9.17, 15) is 0 Å². The number of imidazole rings is 1. The summed E-state index contributed by atoms with van der Waals surface area (Å²) in [7, 11) is 0. The Kier molecular flexibility index (Phi) is 3.32. The van der Waals surface area contributed by atoms with E-state index in [1.165, 1.54) is 0 Å². The molecule has 0 fully saturated rings. The van der Waals surface area contributed by atoms with Gasteiger partial charge in [-0.3, -0.25) is 0 Å². The van der Waals surface area contributed by atoms with Crippen molar-refractivity contribution in [1.82, 2.24) is 9.55 Å². The second-order valence-electron chi connectivity index (χ2n) is 3.30. The zero-order valence-corrected chi connectivity index (χ0v) is 10.0. The van der Waals surface area contributed by atoms with E-state index in [1.807, 2.05) is 22.9 Å². The largest absolute Gasteiger partial charge is 0.302 e. The molecule has 1 aromatic carbocycles. The molecule has 82 valence electrons. The van der Waals surface area contributed by atoms with Crippen LogP contribution >= 0.6 is 23.2 Å². The summed E-state index contributed by atoms with van der Waals surface area (Å²) in [6, 6.07) is 5.40. The summed E-state index contributed by atoms with van der Waals surface area (Å²) in [6.45, 7) is 3.70. The predicted molar refractivity (Wildman–Crippen MR) is 67.5 cm³/mol. The van der Waals surface area contributed by atoms with Crippen LogP contribution in [-0.2, 0) is 6.42 Å². The lowest BCUT2D eigenvalue weighted by atomic mass is 10.3. The van der Waals surface area contributed by atoms with Crippen molar-refractivity contribution in [3.05, 3.63) is 59.1 Å². The number of hydrogen-bond donors (Lipinski definition) is 0. The molecule has 0 bridgehead atoms. The summed E-state index contributed by atoms with van der Waals surface area (Å²) in [6.07, 6.45) is 6.12. The summed E-state index contributed by atoms with van der Waals surface area (Å²) < 4.78 is 1.93. The fourth-order valence-electron chi connectivity index (χ4n) is 1.51. The molecule has 0 atom stereocenters. The molecule has 1 heterocycles. The molecule has 0 N–H and O–H groups in total. The summed E-state index contributed by atoms with van der Waals surface area (Å²) in [5, 5.41) is 1.23. The van der Waals surface area contributed by atoms with E-state index >= 15 is 0 Å². The number of allylic oxidation sites excluding steroid dienone is 1. The third-order valence-corrected chi connectivity index (χ3v) is 2.75. The molecular formula is C12H10Cl2N2. The van der Waals surface area contributed by atoms with E-state index < -0.39 is 0 Å². The van der Waals surface area contributed by atoms with Crippen LogP contribution in [0, 0.1) is 0 Å². The van der Waals surface area contributed by atoms with Gasteiger partial charge in [0.05, 0.1) is 10.7 Å². The van der Waals surface area contributed by atoms with Crippen molar-refractivity contribution in [3.8, 4) is 5.69 Å². The summed E-state index contributed by atoms with van der Waals surface area (Å²) in [5.74, 6) is 0.902. The van der Waals surface area contributed by atoms with Gasteiger partial charge in [0.25, 0.3) is 0 Å². The number of halogens is 2. The predicted octanol–water partition coefficient (Wildman–Crippen LogP) is 3.91. The Labute approximate surface area is 104 Å². The molecule has 0 spiro atoms. The molecule has 2 rings (SSSR count). The van der Waals surface area contributed by atoms with E-state index in [2.05, 4.69) is 11.6 Å². The highest BCUT2D eigenvalue weighted by molar-refractivity contribution is 6.35. The van der Waals surface area contributed by atoms with Crippen molar-refractivity contribution in [1.29, 1.82) is 0 Å². The second kappa shape index (κ2) is 4.73. The molecule has 0 radical (unpaired) electrons. The Morgan fingerprint density at radius 1 is 1.38 bits per heavy atom. The molecule has 0 aliphatic heterocycles. The zero-order chi connectivity index (χ0) is 11.5. The average molecular weight is 253 g/mol. The molecule has 0 amide bonds. The van der Waals surface area contributed by atoms with Crippen LogP contribution in [0.2, 0.25) is 10.0 Å². The van der Waals surface area contributed by atoms with Crippen LogP contribution in [0.4, 0.5) is 0 Å². The summed E-state index contributed by atoms with van der Waals surface area (Å²) >= 11 is 12.0. The molecular weight excluding hydrogens is 243 g/mol. The minimum Gasteiger partial charge on any atom is -0.302 e. The minimum atomic E-state index is 0.607. The third-order valence-electron chi connectivity index (χ3n) is 2.21. The molecule has 2 aromatic rings. The molecule has 0 unspecified atom stereocenters. The van der Waals surface area contributed by atoms with Crippen molar-refractivity contribution in [2.75, 3.05) is 0 Å². The van der Waals surface area contributed by atoms with Crippen LogP contribution in [-0.4, -0.2) is 9.55 Å². The number of hydrogen-bond acceptors (Lipinski definition) is 1. The van der Waals surface area contributed by atoms with Crippen LogP contribution in [0.1, 0.15) is 5.82 Å². The first kappa shape index (κ1) is 11.2. The Bertz CT molecular complexity index is 517. The zero-order valence-electron chi connectivity index (χ0n) is 8.53. The van der Waals surface area contributed by atoms with Crippen molar-refractivity contribution in [2.24, 2.45) is 0 Å². The second-order valence-corrected chi connectivity index (χ2v) is 4.15. The molecule has 1 aromatic heterocycles. The van der Waals surface area contributed by atoms with Crippen LogP contribution < -0.4 is 0 Å². The first-order valence-corrected chi connectivity index (χ1v) is 5.56. The fourth-order valence-corrected chi connectivity index (χ4v) is 2.01. The van der Waals surface area contributed by atoms with E-state index in [-0.39, 0.29) is 0 Å². The van der Waals surface area contributed by atoms with Gasteiger partial charge in [-0.1, -0.05) is 29.3 Å². The van der Waals surface area contributed by atoms with Crippen LogP contribution in [0.25, 0.3) is 5.69 Å². The normalized spacial score (nSPS) is 10.4. The van der Waals surface area contributed by atoms with Gasteiger partial charge in [0.1, 0.15) is 5.82 Å². The molecule has 0 saturated carbocycles. The Balaban J connectivity index is 2.49. The van der Waals surface area contributed by atoms with E-state index in [4.69, 9.17) is 23.2 Å². The lowest BCUT2D eigenvalue weighted by Crippen LogP contribution is -1.99. The number of aromatic nitrogens is 2. The monoisotopic (exact) mass is 252 g/mol. The highest BCUT2D eigenvalue weighted by Gasteiger charge is 2.07. The molecule has 0 aliphatic carbocycles. The fraction of sp³-hybridized carbons (Fsp3) is 0.0833. The molecule has 16 heavy (non-hydrogen) atoms.